The molecule has 1 radical (unpaired) electrons. The van der Waals surface area contributed by atoms with E-state index in [2.05, 4.69) is 0 Å². The summed E-state index contributed by atoms with van der Waals surface area (Å²) in [5.74, 6) is 0. The zero-order valence-corrected chi connectivity index (χ0v) is 6.68. The van der Waals surface area contributed by atoms with E-state index in [1.165, 1.54) is 0 Å². The Labute approximate surface area is 62.9 Å². The molecule has 0 aromatic heterocycles. The van der Waals surface area contributed by atoms with Crippen molar-refractivity contribution in [1.82, 2.24) is 0 Å². The van der Waals surface area contributed by atoms with Gasteiger partial charge in [0.1, 0.15) is 0 Å². The molecule has 1 N–H and O–H groups in total. The standard InChI is InChI=1S/C8H17O2/c1-2-8(10)6-4-3-5-7-9/h8,10H,2-7H2,1H3. The number of aliphatic hydroxyl groups is 1. The highest BCUT2D eigenvalue weighted by atomic mass is 16.3. The first kappa shape index (κ1) is 9.92. The van der Waals surface area contributed by atoms with Crippen LogP contribution in [0.4, 0.5) is 0 Å². The molecule has 0 fully saturated rings. The van der Waals surface area contributed by atoms with Crippen molar-refractivity contribution in [2.75, 3.05) is 6.61 Å². The fraction of sp³-hybridized carbons (Fsp3) is 1.00. The summed E-state index contributed by atoms with van der Waals surface area (Å²) < 4.78 is 0. The minimum Gasteiger partial charge on any atom is -0.393 e. The third kappa shape index (κ3) is 6.05. The average molecular weight is 145 g/mol. The van der Waals surface area contributed by atoms with Gasteiger partial charge in [-0.3, -0.25) is 0 Å². The summed E-state index contributed by atoms with van der Waals surface area (Å²) in [6, 6.07) is 0. The Morgan fingerprint density at radius 1 is 1.30 bits per heavy atom. The van der Waals surface area contributed by atoms with Gasteiger partial charge in [-0.05, 0) is 19.3 Å². The molecule has 0 aromatic carbocycles. The first-order valence-corrected chi connectivity index (χ1v) is 4.07. The van der Waals surface area contributed by atoms with Crippen LogP contribution in [0.5, 0.6) is 0 Å². The van der Waals surface area contributed by atoms with E-state index in [4.69, 9.17) is 5.11 Å². The first-order valence-electron chi connectivity index (χ1n) is 4.07. The van der Waals surface area contributed by atoms with Gasteiger partial charge in [0.15, 0.2) is 0 Å². The summed E-state index contributed by atoms with van der Waals surface area (Å²) in [6.45, 7) is 2.00. The molecule has 0 rings (SSSR count). The van der Waals surface area contributed by atoms with E-state index in [1.54, 1.807) is 0 Å². The summed E-state index contributed by atoms with van der Waals surface area (Å²) in [7, 11) is 0. The number of unbranched alkanes of at least 4 members (excludes halogenated alkanes) is 2. The number of aliphatic hydroxyl groups excluding tert-OH is 1. The minimum atomic E-state index is -0.147. The summed E-state index contributed by atoms with van der Waals surface area (Å²) in [6.07, 6.45) is 4.27. The molecule has 61 valence electrons. The number of rotatable bonds is 6. The average Bonchev–Trinajstić information content (AvgIpc) is 1.98. The lowest BCUT2D eigenvalue weighted by molar-refractivity contribution is 0.151. The highest BCUT2D eigenvalue weighted by Crippen LogP contribution is 2.05. The van der Waals surface area contributed by atoms with Gasteiger partial charge >= 0.3 is 0 Å². The van der Waals surface area contributed by atoms with Gasteiger partial charge < -0.3 is 5.11 Å². The zero-order chi connectivity index (χ0) is 7.82. The van der Waals surface area contributed by atoms with Crippen molar-refractivity contribution in [3.05, 3.63) is 0 Å². The SMILES string of the molecule is CCC(O)CCCCC[O]. The molecule has 0 saturated heterocycles. The van der Waals surface area contributed by atoms with Gasteiger partial charge in [0.05, 0.1) is 12.7 Å². The van der Waals surface area contributed by atoms with Crippen LogP contribution in [0, 0.1) is 0 Å². The Balaban J connectivity index is 2.89. The van der Waals surface area contributed by atoms with Crippen LogP contribution < -0.4 is 0 Å². The smallest absolute Gasteiger partial charge is 0.0822 e. The third-order valence-electron chi connectivity index (χ3n) is 1.65. The van der Waals surface area contributed by atoms with Gasteiger partial charge in [-0.1, -0.05) is 19.8 Å². The largest absolute Gasteiger partial charge is 0.393 e. The van der Waals surface area contributed by atoms with Crippen molar-refractivity contribution in [2.24, 2.45) is 0 Å². The van der Waals surface area contributed by atoms with E-state index in [9.17, 15) is 5.11 Å². The third-order valence-corrected chi connectivity index (χ3v) is 1.65. The summed E-state index contributed by atoms with van der Waals surface area (Å²) in [5, 5.41) is 19.1. The second-order valence-corrected chi connectivity index (χ2v) is 2.62. The molecule has 0 amide bonds. The number of hydrogen-bond acceptors (Lipinski definition) is 1. The van der Waals surface area contributed by atoms with Crippen LogP contribution in [-0.2, 0) is 5.11 Å². The fourth-order valence-corrected chi connectivity index (χ4v) is 0.863. The molecule has 10 heavy (non-hydrogen) atoms. The number of hydrogen-bond donors (Lipinski definition) is 1. The predicted octanol–water partition coefficient (Wildman–Crippen LogP) is 1.75. The topological polar surface area (TPSA) is 40.1 Å². The normalized spacial score (nSPS) is 13.5. The van der Waals surface area contributed by atoms with E-state index in [0.717, 1.165) is 32.1 Å². The molecule has 2 nitrogen and oxygen atoms in total. The lowest BCUT2D eigenvalue weighted by Crippen LogP contribution is -2.03. The molecule has 0 aromatic rings. The maximum atomic E-state index is 9.98. The molecule has 0 aliphatic heterocycles. The van der Waals surface area contributed by atoms with Crippen LogP contribution in [0.2, 0.25) is 0 Å². The lowest BCUT2D eigenvalue weighted by atomic mass is 10.1. The molecule has 0 spiro atoms. The Hall–Kier alpha value is -0.0800. The van der Waals surface area contributed by atoms with Crippen molar-refractivity contribution < 1.29 is 10.2 Å². The van der Waals surface area contributed by atoms with Crippen molar-refractivity contribution in [2.45, 2.75) is 45.1 Å². The van der Waals surface area contributed by atoms with Crippen molar-refractivity contribution in [1.29, 1.82) is 0 Å². The van der Waals surface area contributed by atoms with Crippen molar-refractivity contribution in [3.8, 4) is 0 Å². The minimum absolute atomic E-state index is 0.0300. The van der Waals surface area contributed by atoms with Gasteiger partial charge in [-0.15, -0.1) is 0 Å². The van der Waals surface area contributed by atoms with E-state index in [1.807, 2.05) is 6.92 Å². The molecule has 0 bridgehead atoms. The van der Waals surface area contributed by atoms with Gasteiger partial charge in [-0.2, -0.15) is 0 Å². The highest BCUT2D eigenvalue weighted by Gasteiger charge is 1.98. The molecule has 0 heterocycles. The van der Waals surface area contributed by atoms with Crippen molar-refractivity contribution in [3.63, 3.8) is 0 Å². The molecule has 0 aliphatic carbocycles. The van der Waals surface area contributed by atoms with E-state index >= 15 is 0 Å². The van der Waals surface area contributed by atoms with E-state index in [0.29, 0.717) is 0 Å². The molecule has 0 aliphatic rings. The second-order valence-electron chi connectivity index (χ2n) is 2.62. The molecule has 2 heteroatoms. The van der Waals surface area contributed by atoms with E-state index in [-0.39, 0.29) is 12.7 Å². The van der Waals surface area contributed by atoms with E-state index < -0.39 is 0 Å². The summed E-state index contributed by atoms with van der Waals surface area (Å²) in [5.41, 5.74) is 0. The molecule has 1 atom stereocenters. The Morgan fingerprint density at radius 2 is 2.00 bits per heavy atom. The Bertz CT molecular complexity index is 64.3. The van der Waals surface area contributed by atoms with Crippen LogP contribution in [0.3, 0.4) is 0 Å². The Kier molecular flexibility index (Phi) is 6.98. The fourth-order valence-electron chi connectivity index (χ4n) is 0.863. The van der Waals surface area contributed by atoms with Gasteiger partial charge in [0.25, 0.3) is 0 Å². The van der Waals surface area contributed by atoms with Crippen molar-refractivity contribution >= 4 is 0 Å². The molecule has 1 unspecified atom stereocenters. The maximum Gasteiger partial charge on any atom is 0.0822 e. The van der Waals surface area contributed by atoms with Gasteiger partial charge in [-0.25, -0.2) is 5.11 Å². The summed E-state index contributed by atoms with van der Waals surface area (Å²) in [4.78, 5) is 0. The Morgan fingerprint density at radius 3 is 2.50 bits per heavy atom. The zero-order valence-electron chi connectivity index (χ0n) is 6.68. The van der Waals surface area contributed by atoms with Gasteiger partial charge in [0, 0.05) is 0 Å². The maximum absolute atomic E-state index is 9.98. The second kappa shape index (κ2) is 7.03. The van der Waals surface area contributed by atoms with Crippen LogP contribution in [0.15, 0.2) is 0 Å². The van der Waals surface area contributed by atoms with Crippen LogP contribution in [0.1, 0.15) is 39.0 Å². The summed E-state index contributed by atoms with van der Waals surface area (Å²) >= 11 is 0. The molecule has 0 saturated carbocycles. The highest BCUT2D eigenvalue weighted by molar-refractivity contribution is 4.51. The quantitative estimate of drug-likeness (QED) is 0.568. The van der Waals surface area contributed by atoms with Crippen LogP contribution >= 0.6 is 0 Å². The van der Waals surface area contributed by atoms with Crippen LogP contribution in [0.25, 0.3) is 0 Å². The predicted molar refractivity (Wildman–Crippen MR) is 40.3 cm³/mol. The molecular formula is C8H17O2. The lowest BCUT2D eigenvalue weighted by Gasteiger charge is -2.05. The van der Waals surface area contributed by atoms with Crippen LogP contribution in [-0.4, -0.2) is 17.8 Å². The monoisotopic (exact) mass is 145 g/mol. The first-order chi connectivity index (χ1) is 4.81. The molecular weight excluding hydrogens is 128 g/mol. The van der Waals surface area contributed by atoms with Gasteiger partial charge in [0.2, 0.25) is 0 Å².